The van der Waals surface area contributed by atoms with Crippen molar-refractivity contribution in [2.24, 2.45) is 0 Å². The van der Waals surface area contributed by atoms with Gasteiger partial charge in [0.1, 0.15) is 0 Å². The lowest BCUT2D eigenvalue weighted by Gasteiger charge is -1.94. The number of hydrogen-bond acceptors (Lipinski definition) is 6. The minimum Gasteiger partial charge on any atom is -0.545 e. The van der Waals surface area contributed by atoms with Crippen LogP contribution in [0.4, 0.5) is 0 Å². The van der Waals surface area contributed by atoms with E-state index in [0.29, 0.717) is 6.08 Å². The second kappa shape index (κ2) is 11.0. The maximum absolute atomic E-state index is 10.3. The lowest BCUT2D eigenvalue weighted by atomic mass is 10.5. The highest BCUT2D eigenvalue weighted by atomic mass is 16.5. The zero-order valence-corrected chi connectivity index (χ0v) is 9.10. The van der Waals surface area contributed by atoms with E-state index in [2.05, 4.69) is 16.1 Å². The van der Waals surface area contributed by atoms with Gasteiger partial charge in [-0.15, -0.1) is 0 Å². The summed E-state index contributed by atoms with van der Waals surface area (Å²) in [5.41, 5.74) is 0. The summed E-state index contributed by atoms with van der Waals surface area (Å²) in [4.78, 5) is 29.8. The molecule has 0 aromatic carbocycles. The Bertz CT molecular complexity index is 279. The summed E-state index contributed by atoms with van der Waals surface area (Å²) in [6.45, 7) is 6.34. The van der Waals surface area contributed by atoms with Gasteiger partial charge in [0.15, 0.2) is 0 Å². The van der Waals surface area contributed by atoms with Crippen LogP contribution in [0.25, 0.3) is 0 Å². The number of ether oxygens (including phenoxy) is 2. The smallest absolute Gasteiger partial charge is 0.330 e. The number of carboxylic acids is 1. The first kappa shape index (κ1) is 16.3. The van der Waals surface area contributed by atoms with Gasteiger partial charge in [-0.1, -0.05) is 6.58 Å². The number of rotatable bonds is 4. The van der Waals surface area contributed by atoms with Crippen LogP contribution in [0.15, 0.2) is 25.0 Å². The van der Waals surface area contributed by atoms with Crippen LogP contribution in [0.5, 0.6) is 0 Å². The van der Waals surface area contributed by atoms with Crippen molar-refractivity contribution in [2.45, 2.75) is 13.8 Å². The van der Waals surface area contributed by atoms with Crippen molar-refractivity contribution in [2.75, 3.05) is 6.61 Å². The van der Waals surface area contributed by atoms with Crippen molar-refractivity contribution in [3.63, 3.8) is 0 Å². The molecule has 0 amide bonds. The van der Waals surface area contributed by atoms with E-state index in [1.807, 2.05) is 0 Å². The number of esters is 2. The summed E-state index contributed by atoms with van der Waals surface area (Å²) in [5, 5.41) is 9.70. The van der Waals surface area contributed by atoms with Crippen LogP contribution in [-0.4, -0.2) is 24.5 Å². The number of carbonyl (C=O) groups excluding carboxylic acids is 3. The van der Waals surface area contributed by atoms with E-state index in [1.54, 1.807) is 6.92 Å². The summed E-state index contributed by atoms with van der Waals surface area (Å²) in [6, 6.07) is 0. The van der Waals surface area contributed by atoms with Gasteiger partial charge in [0.05, 0.1) is 18.8 Å². The molecule has 0 atom stereocenters. The third-order valence-corrected chi connectivity index (χ3v) is 0.891. The van der Waals surface area contributed by atoms with E-state index in [-0.39, 0.29) is 12.6 Å². The third-order valence-electron chi connectivity index (χ3n) is 0.891. The van der Waals surface area contributed by atoms with E-state index in [9.17, 15) is 19.5 Å². The van der Waals surface area contributed by atoms with E-state index in [0.717, 1.165) is 12.3 Å². The van der Waals surface area contributed by atoms with Gasteiger partial charge in [0.25, 0.3) is 0 Å². The fourth-order valence-electron chi connectivity index (χ4n) is 0.444. The van der Waals surface area contributed by atoms with Gasteiger partial charge < -0.3 is 19.4 Å². The Labute approximate surface area is 93.2 Å². The normalized spacial score (nSPS) is 8.62. The van der Waals surface area contributed by atoms with Gasteiger partial charge in [-0.3, -0.25) is 4.79 Å². The average molecular weight is 229 g/mol. The van der Waals surface area contributed by atoms with E-state index >= 15 is 0 Å². The highest BCUT2D eigenvalue weighted by Crippen LogP contribution is 1.79. The molecule has 0 aliphatic carbocycles. The topological polar surface area (TPSA) is 92.7 Å². The molecule has 0 fully saturated rings. The van der Waals surface area contributed by atoms with Crippen molar-refractivity contribution in [1.29, 1.82) is 0 Å². The monoisotopic (exact) mass is 229 g/mol. The first-order valence-corrected chi connectivity index (χ1v) is 4.28. The molecule has 0 heterocycles. The van der Waals surface area contributed by atoms with Crippen molar-refractivity contribution in [3.05, 3.63) is 25.0 Å². The molecule has 6 nitrogen and oxygen atoms in total. The standard InChI is InChI=1S/C6H8O4.C4H6O2/c1-2-10-6(9)4-3-5(7)8;1-3-6-4(2)5/h3-4H,2H2,1H3,(H,7,8);3H,1H2,2H3/p-1/b4-3-;. The Hall–Kier alpha value is -2.11. The summed E-state index contributed by atoms with van der Waals surface area (Å²) in [5.74, 6) is -2.41. The molecule has 0 N–H and O–H groups in total. The Morgan fingerprint density at radius 3 is 2.12 bits per heavy atom. The first-order chi connectivity index (χ1) is 7.43. The lowest BCUT2D eigenvalue weighted by molar-refractivity contribution is -0.297. The first-order valence-electron chi connectivity index (χ1n) is 4.28. The molecule has 0 bridgehead atoms. The van der Waals surface area contributed by atoms with Gasteiger partial charge in [-0.05, 0) is 13.0 Å². The molecule has 0 aromatic rings. The van der Waals surface area contributed by atoms with Crippen LogP contribution in [-0.2, 0) is 23.9 Å². The lowest BCUT2D eigenvalue weighted by Crippen LogP contribution is -2.19. The average Bonchev–Trinajstić information content (AvgIpc) is 2.16. The van der Waals surface area contributed by atoms with Gasteiger partial charge in [-0.2, -0.15) is 0 Å². The molecule has 0 aliphatic rings. The molecule has 16 heavy (non-hydrogen) atoms. The zero-order chi connectivity index (χ0) is 13.0. The largest absolute Gasteiger partial charge is 0.545 e. The van der Waals surface area contributed by atoms with Crippen molar-refractivity contribution in [1.82, 2.24) is 0 Å². The molecule has 0 spiro atoms. The number of aliphatic carboxylic acids is 1. The van der Waals surface area contributed by atoms with Crippen molar-refractivity contribution < 1.29 is 29.0 Å². The molecule has 0 unspecified atom stereocenters. The van der Waals surface area contributed by atoms with Crippen molar-refractivity contribution >= 4 is 17.9 Å². The molecular weight excluding hydrogens is 216 g/mol. The molecule has 0 radical (unpaired) electrons. The van der Waals surface area contributed by atoms with E-state index < -0.39 is 11.9 Å². The van der Waals surface area contributed by atoms with Crippen LogP contribution < -0.4 is 5.11 Å². The summed E-state index contributed by atoms with van der Waals surface area (Å²) >= 11 is 0. The molecule has 0 rings (SSSR count). The van der Waals surface area contributed by atoms with Gasteiger partial charge >= 0.3 is 11.9 Å². The molecule has 0 saturated carbocycles. The highest BCUT2D eigenvalue weighted by Gasteiger charge is 1.90. The van der Waals surface area contributed by atoms with Gasteiger partial charge in [0, 0.05) is 13.0 Å². The molecule has 6 heteroatoms. The quantitative estimate of drug-likeness (QED) is 0.368. The minimum absolute atomic E-state index is 0.232. The second-order valence-electron chi connectivity index (χ2n) is 2.18. The van der Waals surface area contributed by atoms with Crippen LogP contribution in [0.2, 0.25) is 0 Å². The fourth-order valence-corrected chi connectivity index (χ4v) is 0.444. The van der Waals surface area contributed by atoms with Gasteiger partial charge in [0.2, 0.25) is 0 Å². The molecule has 0 saturated heterocycles. The SMILES string of the molecule is C=COC(C)=O.CCOC(=O)/C=C\C(=O)[O-]. The van der Waals surface area contributed by atoms with Crippen LogP contribution in [0.1, 0.15) is 13.8 Å². The third kappa shape index (κ3) is 17.8. The molecule has 0 aromatic heterocycles. The minimum atomic E-state index is -1.41. The fraction of sp³-hybridized carbons (Fsp3) is 0.300. The summed E-state index contributed by atoms with van der Waals surface area (Å²) < 4.78 is 8.54. The maximum Gasteiger partial charge on any atom is 0.330 e. The Balaban J connectivity index is 0. The zero-order valence-electron chi connectivity index (χ0n) is 9.10. The van der Waals surface area contributed by atoms with E-state index in [4.69, 9.17) is 0 Å². The highest BCUT2D eigenvalue weighted by molar-refractivity contribution is 5.89. The summed E-state index contributed by atoms with van der Waals surface area (Å²) in [7, 11) is 0. The number of carboxylic acid groups (broad SMARTS) is 1. The van der Waals surface area contributed by atoms with E-state index in [1.165, 1.54) is 6.92 Å². The Kier molecular flexibility index (Phi) is 11.2. The van der Waals surface area contributed by atoms with Crippen LogP contribution >= 0.6 is 0 Å². The van der Waals surface area contributed by atoms with Crippen LogP contribution in [0.3, 0.4) is 0 Å². The Morgan fingerprint density at radius 1 is 1.31 bits per heavy atom. The van der Waals surface area contributed by atoms with Gasteiger partial charge in [-0.25, -0.2) is 4.79 Å². The van der Waals surface area contributed by atoms with Crippen LogP contribution in [0, 0.1) is 0 Å². The number of carbonyl (C=O) groups is 3. The predicted molar refractivity (Wildman–Crippen MR) is 52.7 cm³/mol. The molecular formula is C10H13O6-. The number of hydrogen-bond donors (Lipinski definition) is 0. The second-order valence-corrected chi connectivity index (χ2v) is 2.18. The molecule has 0 aliphatic heterocycles. The Morgan fingerprint density at radius 2 is 1.88 bits per heavy atom. The van der Waals surface area contributed by atoms with Crippen molar-refractivity contribution in [3.8, 4) is 0 Å². The maximum atomic E-state index is 10.3. The summed E-state index contributed by atoms with van der Waals surface area (Å²) in [6.07, 6.45) is 2.53. The predicted octanol–water partition coefficient (Wildman–Crippen LogP) is -0.451. The molecule has 90 valence electrons.